The zero-order valence-electron chi connectivity index (χ0n) is 11.1. The minimum absolute atomic E-state index is 0.169. The maximum absolute atomic E-state index is 11.9. The van der Waals surface area contributed by atoms with E-state index in [1.54, 1.807) is 12.1 Å². The molecular weight excluding hydrogens is 260 g/mol. The minimum atomic E-state index is -0.458. The Morgan fingerprint density at radius 1 is 1.30 bits per heavy atom. The van der Waals surface area contributed by atoms with Crippen LogP contribution in [0.3, 0.4) is 0 Å². The molecule has 104 valence electrons. The summed E-state index contributed by atoms with van der Waals surface area (Å²) in [6.07, 6.45) is 2.67. The quantitative estimate of drug-likeness (QED) is 0.631. The van der Waals surface area contributed by atoms with Crippen molar-refractivity contribution in [2.45, 2.75) is 19.3 Å². The Labute approximate surface area is 115 Å². The van der Waals surface area contributed by atoms with Crippen LogP contribution in [0.4, 0.5) is 0 Å². The van der Waals surface area contributed by atoms with Gasteiger partial charge >= 0.3 is 11.6 Å². The Morgan fingerprint density at radius 2 is 2.10 bits per heavy atom. The number of aryl methyl sites for hydroxylation is 1. The fourth-order valence-corrected chi connectivity index (χ4v) is 2.56. The number of benzene rings is 1. The summed E-state index contributed by atoms with van der Waals surface area (Å²) in [6.45, 7) is -0.169. The highest BCUT2D eigenvalue weighted by molar-refractivity contribution is 5.83. The lowest BCUT2D eigenvalue weighted by Gasteiger charge is -2.07. The zero-order valence-corrected chi connectivity index (χ0v) is 11.1. The van der Waals surface area contributed by atoms with E-state index in [2.05, 4.69) is 4.74 Å². The molecule has 0 bridgehead atoms. The van der Waals surface area contributed by atoms with Gasteiger partial charge in [-0.1, -0.05) is 0 Å². The van der Waals surface area contributed by atoms with Crippen LogP contribution < -0.4 is 10.4 Å². The van der Waals surface area contributed by atoms with Crippen LogP contribution in [0, 0.1) is 0 Å². The van der Waals surface area contributed by atoms with Gasteiger partial charge in [0, 0.05) is 17.0 Å². The zero-order chi connectivity index (χ0) is 14.1. The summed E-state index contributed by atoms with van der Waals surface area (Å²) in [6, 6.07) is 5.27. The predicted octanol–water partition coefficient (Wildman–Crippen LogP) is 1.83. The maximum atomic E-state index is 11.9. The molecule has 0 fully saturated rings. The number of methoxy groups -OCH3 is 1. The molecule has 3 rings (SSSR count). The number of carbonyl (C=O) groups excluding carboxylic acids is 1. The van der Waals surface area contributed by atoms with Gasteiger partial charge in [-0.15, -0.1) is 0 Å². The Bertz CT molecular complexity index is 729. The third-order valence-electron chi connectivity index (χ3n) is 3.53. The average Bonchev–Trinajstić information content (AvgIpc) is 2.94. The van der Waals surface area contributed by atoms with Crippen LogP contribution in [0.2, 0.25) is 0 Å². The van der Waals surface area contributed by atoms with Crippen molar-refractivity contribution >= 4 is 16.9 Å². The molecule has 2 aromatic rings. The second-order valence-electron chi connectivity index (χ2n) is 4.72. The molecule has 0 amide bonds. The second kappa shape index (κ2) is 5.00. The van der Waals surface area contributed by atoms with Gasteiger partial charge in [0.15, 0.2) is 6.61 Å². The van der Waals surface area contributed by atoms with Gasteiger partial charge in [-0.05, 0) is 37.0 Å². The van der Waals surface area contributed by atoms with Crippen molar-refractivity contribution in [3.05, 3.63) is 39.7 Å². The normalized spacial score (nSPS) is 13.2. The van der Waals surface area contributed by atoms with Crippen LogP contribution in [0.15, 0.2) is 27.4 Å². The molecule has 1 aromatic heterocycles. The van der Waals surface area contributed by atoms with Crippen molar-refractivity contribution < 1.29 is 18.7 Å². The number of carbonyl (C=O) groups is 1. The molecule has 5 nitrogen and oxygen atoms in total. The van der Waals surface area contributed by atoms with Crippen LogP contribution in [-0.4, -0.2) is 19.7 Å². The summed E-state index contributed by atoms with van der Waals surface area (Å²) in [7, 11) is 1.30. The van der Waals surface area contributed by atoms with Crippen molar-refractivity contribution in [1.82, 2.24) is 0 Å². The van der Waals surface area contributed by atoms with E-state index in [-0.39, 0.29) is 12.2 Å². The lowest BCUT2D eigenvalue weighted by Crippen LogP contribution is -2.12. The fourth-order valence-electron chi connectivity index (χ4n) is 2.56. The third-order valence-corrected chi connectivity index (χ3v) is 3.53. The minimum Gasteiger partial charge on any atom is -0.482 e. The smallest absolute Gasteiger partial charge is 0.343 e. The Kier molecular flexibility index (Phi) is 3.18. The molecule has 0 radical (unpaired) electrons. The molecule has 0 saturated heterocycles. The van der Waals surface area contributed by atoms with Crippen LogP contribution in [0.25, 0.3) is 11.0 Å². The van der Waals surface area contributed by atoms with E-state index in [4.69, 9.17) is 9.15 Å². The fraction of sp³-hybridized carbons (Fsp3) is 0.333. The highest BCUT2D eigenvalue weighted by atomic mass is 16.6. The monoisotopic (exact) mass is 274 g/mol. The molecule has 0 saturated carbocycles. The van der Waals surface area contributed by atoms with E-state index in [1.165, 1.54) is 7.11 Å². The average molecular weight is 274 g/mol. The molecule has 0 unspecified atom stereocenters. The van der Waals surface area contributed by atoms with E-state index in [9.17, 15) is 9.59 Å². The second-order valence-corrected chi connectivity index (χ2v) is 4.72. The van der Waals surface area contributed by atoms with Gasteiger partial charge in [-0.2, -0.15) is 0 Å². The summed E-state index contributed by atoms with van der Waals surface area (Å²) < 4.78 is 15.1. The highest BCUT2D eigenvalue weighted by Gasteiger charge is 2.19. The van der Waals surface area contributed by atoms with Crippen molar-refractivity contribution in [2.24, 2.45) is 0 Å². The van der Waals surface area contributed by atoms with Crippen molar-refractivity contribution in [3.63, 3.8) is 0 Å². The van der Waals surface area contributed by atoms with E-state index in [1.807, 2.05) is 6.07 Å². The highest BCUT2D eigenvalue weighted by Crippen LogP contribution is 2.29. The first-order chi connectivity index (χ1) is 9.69. The van der Waals surface area contributed by atoms with E-state index < -0.39 is 5.97 Å². The number of rotatable bonds is 3. The van der Waals surface area contributed by atoms with Crippen molar-refractivity contribution in [1.29, 1.82) is 0 Å². The Morgan fingerprint density at radius 3 is 2.90 bits per heavy atom. The predicted molar refractivity (Wildman–Crippen MR) is 72.0 cm³/mol. The molecule has 20 heavy (non-hydrogen) atoms. The molecule has 1 heterocycles. The van der Waals surface area contributed by atoms with E-state index in [0.29, 0.717) is 11.3 Å². The van der Waals surface area contributed by atoms with Crippen LogP contribution in [-0.2, 0) is 22.4 Å². The largest absolute Gasteiger partial charge is 0.482 e. The number of fused-ring (bicyclic) bond motifs is 3. The first kappa shape index (κ1) is 12.7. The van der Waals surface area contributed by atoms with Gasteiger partial charge in [0.25, 0.3) is 0 Å². The molecule has 5 heteroatoms. The van der Waals surface area contributed by atoms with Crippen molar-refractivity contribution in [2.75, 3.05) is 13.7 Å². The number of hydrogen-bond donors (Lipinski definition) is 0. The molecular formula is C15H14O5. The third kappa shape index (κ3) is 2.15. The van der Waals surface area contributed by atoms with Gasteiger partial charge in [-0.25, -0.2) is 9.59 Å². The molecule has 1 aliphatic rings. The van der Waals surface area contributed by atoms with E-state index in [0.717, 1.165) is 35.8 Å². The maximum Gasteiger partial charge on any atom is 0.343 e. The molecule has 0 atom stereocenters. The summed E-state index contributed by atoms with van der Waals surface area (Å²) in [4.78, 5) is 22.9. The summed E-state index contributed by atoms with van der Waals surface area (Å²) in [5.41, 5.74) is 2.10. The first-order valence-corrected chi connectivity index (χ1v) is 6.47. The lowest BCUT2D eigenvalue weighted by molar-refractivity contribution is -0.142. The van der Waals surface area contributed by atoms with Gasteiger partial charge in [-0.3, -0.25) is 0 Å². The standard InChI is InChI=1S/C15H14O5/c1-18-14(16)8-19-9-5-6-11-10-3-2-4-12(10)15(17)20-13(11)7-9/h5-7H,2-4,8H2,1H3. The SMILES string of the molecule is COC(=O)COc1ccc2c3c(c(=O)oc2c1)CCC3. The molecule has 1 aromatic carbocycles. The number of esters is 1. The van der Waals surface area contributed by atoms with E-state index >= 15 is 0 Å². The topological polar surface area (TPSA) is 65.7 Å². The summed E-state index contributed by atoms with van der Waals surface area (Å²) in [5, 5.41) is 0.947. The van der Waals surface area contributed by atoms with Crippen molar-refractivity contribution in [3.8, 4) is 5.75 Å². The van der Waals surface area contributed by atoms with Crippen LogP contribution in [0.5, 0.6) is 5.75 Å². The molecule has 0 aliphatic heterocycles. The lowest BCUT2D eigenvalue weighted by atomic mass is 10.1. The molecule has 0 spiro atoms. The van der Waals surface area contributed by atoms with Crippen LogP contribution in [0.1, 0.15) is 17.5 Å². The van der Waals surface area contributed by atoms with Crippen LogP contribution >= 0.6 is 0 Å². The number of hydrogen-bond acceptors (Lipinski definition) is 5. The Hall–Kier alpha value is -2.30. The number of ether oxygens (including phenoxy) is 2. The van der Waals surface area contributed by atoms with Gasteiger partial charge in [0.2, 0.25) is 0 Å². The van der Waals surface area contributed by atoms with Gasteiger partial charge in [0.1, 0.15) is 11.3 Å². The van der Waals surface area contributed by atoms with Gasteiger partial charge in [0.05, 0.1) is 7.11 Å². The molecule has 1 aliphatic carbocycles. The summed E-state index contributed by atoms with van der Waals surface area (Å²) >= 11 is 0. The first-order valence-electron chi connectivity index (χ1n) is 6.47. The molecule has 0 N–H and O–H groups in total. The van der Waals surface area contributed by atoms with Gasteiger partial charge < -0.3 is 13.9 Å². The Balaban J connectivity index is 1.98. The summed E-state index contributed by atoms with van der Waals surface area (Å²) in [5.74, 6) is 0.0181.